The lowest BCUT2D eigenvalue weighted by atomic mass is 10.1. The van der Waals surface area contributed by atoms with Gasteiger partial charge in [0, 0.05) is 5.75 Å². The monoisotopic (exact) mass is 271 g/mol. The largest absolute Gasteiger partial charge is 0.463 e. The van der Waals surface area contributed by atoms with Crippen LogP contribution in [0.15, 0.2) is 0 Å². The van der Waals surface area contributed by atoms with Gasteiger partial charge < -0.3 is 19.9 Å². The summed E-state index contributed by atoms with van der Waals surface area (Å²) in [5, 5.41) is 0. The van der Waals surface area contributed by atoms with E-state index in [1.807, 2.05) is 0 Å². The molecule has 0 aliphatic carbocycles. The molecule has 0 saturated carbocycles. The molecule has 0 aliphatic heterocycles. The van der Waals surface area contributed by atoms with Gasteiger partial charge in [-0.25, -0.2) is 4.57 Å². The molecule has 3 N–H and O–H groups in total. The number of rotatable bonds is 7. The second-order valence-corrected chi connectivity index (χ2v) is 7.60. The van der Waals surface area contributed by atoms with Crippen molar-refractivity contribution in [3.05, 3.63) is 0 Å². The molecule has 0 rings (SSSR count). The van der Waals surface area contributed by atoms with E-state index in [-0.39, 0.29) is 19.0 Å². The van der Waals surface area contributed by atoms with E-state index in [1.165, 1.54) is 13.8 Å². The molecule has 6 nitrogen and oxygen atoms in total. The maximum Gasteiger partial charge on any atom is 0.386 e. The van der Waals surface area contributed by atoms with Crippen molar-refractivity contribution in [1.82, 2.24) is 0 Å². The first-order valence-electron chi connectivity index (χ1n) is 4.77. The molecule has 8 heteroatoms. The Labute approximate surface area is 99.2 Å². The van der Waals surface area contributed by atoms with Crippen LogP contribution in [-0.2, 0) is 18.6 Å². The minimum atomic E-state index is -3.60. The molecule has 0 saturated heterocycles. The fraction of sp³-hybridized carbons (Fsp3) is 0.875. The molecular formula is C8H18NO5PS. The minimum absolute atomic E-state index is 0.0295. The Morgan fingerprint density at radius 1 is 1.56 bits per heavy atom. The number of carbonyl (C=O) groups excluding carboxylic acids is 1. The first-order chi connectivity index (χ1) is 7.19. The molecule has 0 aromatic rings. The van der Waals surface area contributed by atoms with Crippen LogP contribution >= 0.6 is 18.2 Å². The van der Waals surface area contributed by atoms with Gasteiger partial charge in [-0.3, -0.25) is 4.79 Å². The van der Waals surface area contributed by atoms with Gasteiger partial charge in [0.15, 0.2) is 0 Å². The number of hydrogen-bond acceptors (Lipinski definition) is 6. The van der Waals surface area contributed by atoms with Gasteiger partial charge in [0.1, 0.15) is 12.1 Å². The maximum atomic E-state index is 11.2. The molecule has 0 aromatic carbocycles. The molecule has 0 amide bonds. The normalized spacial score (nSPS) is 15.6. The molecule has 0 heterocycles. The lowest BCUT2D eigenvalue weighted by molar-refractivity contribution is -0.148. The fourth-order valence-corrected chi connectivity index (χ4v) is 2.92. The van der Waals surface area contributed by atoms with Crippen LogP contribution in [0.4, 0.5) is 0 Å². The molecule has 0 bridgehead atoms. The van der Waals surface area contributed by atoms with Gasteiger partial charge in [0.25, 0.3) is 0 Å². The number of ether oxygens (including phenoxy) is 1. The van der Waals surface area contributed by atoms with Crippen LogP contribution in [-0.4, -0.2) is 35.4 Å². The number of carbonyl (C=O) groups is 1. The van der Waals surface area contributed by atoms with Crippen LogP contribution in [0.3, 0.4) is 0 Å². The highest BCUT2D eigenvalue weighted by Gasteiger charge is 2.24. The Morgan fingerprint density at radius 3 is 2.56 bits per heavy atom. The summed E-state index contributed by atoms with van der Waals surface area (Å²) in [6, 6.07) is 0. The molecule has 96 valence electrons. The molecular weight excluding hydrogens is 253 g/mol. The van der Waals surface area contributed by atoms with Gasteiger partial charge in [-0.05, 0) is 32.2 Å². The summed E-state index contributed by atoms with van der Waals surface area (Å²) in [6.45, 7) is 1.27. The maximum absolute atomic E-state index is 11.2. The summed E-state index contributed by atoms with van der Waals surface area (Å²) in [4.78, 5) is 20.4. The Bertz CT molecular complexity index is 278. The van der Waals surface area contributed by atoms with E-state index < -0.39 is 18.3 Å². The summed E-state index contributed by atoms with van der Waals surface area (Å²) in [5.74, 6) is -0.354. The molecule has 0 aliphatic rings. The summed E-state index contributed by atoms with van der Waals surface area (Å²) in [7, 11) is 0. The zero-order chi connectivity index (χ0) is 12.8. The van der Waals surface area contributed by atoms with Crippen molar-refractivity contribution in [3.8, 4) is 0 Å². The van der Waals surface area contributed by atoms with E-state index in [4.69, 9.17) is 10.5 Å². The van der Waals surface area contributed by atoms with E-state index >= 15 is 0 Å². The van der Waals surface area contributed by atoms with Crippen LogP contribution in [0.1, 0.15) is 20.8 Å². The van der Waals surface area contributed by atoms with Crippen molar-refractivity contribution < 1.29 is 23.5 Å². The molecule has 0 spiro atoms. The topological polar surface area (TPSA) is 98.9 Å². The molecule has 1 unspecified atom stereocenters. The van der Waals surface area contributed by atoms with Crippen LogP contribution in [0.5, 0.6) is 0 Å². The molecule has 1 atom stereocenters. The van der Waals surface area contributed by atoms with Crippen LogP contribution in [0, 0.1) is 0 Å². The van der Waals surface area contributed by atoms with E-state index in [1.54, 1.807) is 6.92 Å². The standard InChI is InChI=1S/C8H18NO5PS/c1-4-14-15(11,12)16-6-5-13-7(10)8(2,3)9/h4-6,9H2,1-3H3,(H,11,12). The Kier molecular flexibility index (Phi) is 6.58. The van der Waals surface area contributed by atoms with Crippen LogP contribution < -0.4 is 5.73 Å². The third kappa shape index (κ3) is 7.24. The average Bonchev–Trinajstić information content (AvgIpc) is 2.10. The third-order valence-corrected chi connectivity index (χ3v) is 4.49. The quantitative estimate of drug-likeness (QED) is 0.407. The van der Waals surface area contributed by atoms with Crippen molar-refractivity contribution in [3.63, 3.8) is 0 Å². The second-order valence-electron chi connectivity index (χ2n) is 3.58. The Morgan fingerprint density at radius 2 is 2.12 bits per heavy atom. The summed E-state index contributed by atoms with van der Waals surface area (Å²) in [6.07, 6.45) is 0. The molecule has 0 radical (unpaired) electrons. The highest BCUT2D eigenvalue weighted by molar-refractivity contribution is 8.54. The van der Waals surface area contributed by atoms with Crippen LogP contribution in [0.2, 0.25) is 0 Å². The number of esters is 1. The molecule has 16 heavy (non-hydrogen) atoms. The van der Waals surface area contributed by atoms with Gasteiger partial charge in [-0.1, -0.05) is 0 Å². The van der Waals surface area contributed by atoms with Gasteiger partial charge in [0.2, 0.25) is 0 Å². The predicted octanol–water partition coefficient (Wildman–Crippen LogP) is 1.14. The SMILES string of the molecule is CCOP(=O)(O)SCCOC(=O)C(C)(C)N. The minimum Gasteiger partial charge on any atom is -0.463 e. The lowest BCUT2D eigenvalue weighted by Crippen LogP contribution is -2.43. The van der Waals surface area contributed by atoms with Gasteiger partial charge in [0.05, 0.1) is 6.61 Å². The van der Waals surface area contributed by atoms with E-state index in [0.29, 0.717) is 0 Å². The van der Waals surface area contributed by atoms with Gasteiger partial charge >= 0.3 is 12.8 Å². The van der Waals surface area contributed by atoms with Gasteiger partial charge in [-0.15, -0.1) is 0 Å². The second kappa shape index (κ2) is 6.61. The van der Waals surface area contributed by atoms with Crippen molar-refractivity contribution in [2.24, 2.45) is 5.73 Å². The van der Waals surface area contributed by atoms with Crippen molar-refractivity contribution >= 4 is 24.1 Å². The lowest BCUT2D eigenvalue weighted by Gasteiger charge is -2.16. The van der Waals surface area contributed by atoms with Crippen LogP contribution in [0.25, 0.3) is 0 Å². The predicted molar refractivity (Wildman–Crippen MR) is 63.1 cm³/mol. The fourth-order valence-electron chi connectivity index (χ4n) is 0.673. The third-order valence-electron chi connectivity index (χ3n) is 1.39. The zero-order valence-electron chi connectivity index (χ0n) is 9.63. The average molecular weight is 271 g/mol. The van der Waals surface area contributed by atoms with Crippen molar-refractivity contribution in [2.75, 3.05) is 19.0 Å². The first-order valence-corrected chi connectivity index (χ1v) is 7.94. The number of hydrogen-bond donors (Lipinski definition) is 2. The van der Waals surface area contributed by atoms with E-state index in [9.17, 15) is 14.3 Å². The molecule has 0 fully saturated rings. The first kappa shape index (κ1) is 15.9. The summed E-state index contributed by atoms with van der Waals surface area (Å²) >= 11 is 0.727. The summed E-state index contributed by atoms with van der Waals surface area (Å²) < 4.78 is 20.6. The van der Waals surface area contributed by atoms with Crippen molar-refractivity contribution in [2.45, 2.75) is 26.3 Å². The smallest absolute Gasteiger partial charge is 0.386 e. The highest BCUT2D eigenvalue weighted by atomic mass is 32.7. The van der Waals surface area contributed by atoms with E-state index in [2.05, 4.69) is 4.52 Å². The Balaban J connectivity index is 3.77. The number of nitrogens with two attached hydrogens (primary N) is 1. The van der Waals surface area contributed by atoms with Gasteiger partial charge in [-0.2, -0.15) is 0 Å². The highest BCUT2D eigenvalue weighted by Crippen LogP contribution is 2.55. The molecule has 0 aromatic heterocycles. The Hall–Kier alpha value is -0.0700. The zero-order valence-corrected chi connectivity index (χ0v) is 11.3. The van der Waals surface area contributed by atoms with Crippen molar-refractivity contribution in [1.29, 1.82) is 0 Å². The summed E-state index contributed by atoms with van der Waals surface area (Å²) in [5.41, 5.74) is 4.44. The van der Waals surface area contributed by atoms with E-state index in [0.717, 1.165) is 11.4 Å².